The molecular weight excluding hydrogens is 242 g/mol. The number of aromatic amines is 2. The maximum atomic E-state index is 12.3. The number of hydrogen-bond donors (Lipinski definition) is 2. The zero-order chi connectivity index (χ0) is 14.1. The maximum absolute atomic E-state index is 12.3. The molecular formula is C14H25N3O2. The van der Waals surface area contributed by atoms with Gasteiger partial charge in [-0.25, -0.2) is 4.79 Å². The van der Waals surface area contributed by atoms with E-state index in [0.29, 0.717) is 5.69 Å². The highest BCUT2D eigenvalue weighted by Gasteiger charge is 2.16. The highest BCUT2D eigenvalue weighted by molar-refractivity contribution is 5.92. The number of carbonyl (C=O) groups is 1. The number of unbranched alkanes of at least 4 members (excludes halogenated alkanes) is 4. The molecule has 0 aliphatic carbocycles. The molecule has 0 atom stereocenters. The van der Waals surface area contributed by atoms with E-state index in [9.17, 15) is 9.59 Å². The standard InChI is InChI=1S/C14H25N3O2/c1-3-5-7-9-17(10-8-6-4-2)13(18)12-11-15-14(19)16-12/h11H,3-10H2,1-2H3,(H2,15,16,19). The Morgan fingerprint density at radius 3 is 2.11 bits per heavy atom. The summed E-state index contributed by atoms with van der Waals surface area (Å²) in [6, 6.07) is 0. The molecule has 0 bridgehead atoms. The normalized spacial score (nSPS) is 10.6. The Labute approximate surface area is 114 Å². The lowest BCUT2D eigenvalue weighted by atomic mass is 10.2. The second-order valence-electron chi connectivity index (χ2n) is 4.86. The minimum Gasteiger partial charge on any atom is -0.337 e. The number of H-pyrrole nitrogens is 2. The molecule has 0 aromatic carbocycles. The van der Waals surface area contributed by atoms with Crippen molar-refractivity contribution in [3.05, 3.63) is 22.4 Å². The van der Waals surface area contributed by atoms with Gasteiger partial charge in [0, 0.05) is 19.3 Å². The molecule has 0 aliphatic rings. The van der Waals surface area contributed by atoms with E-state index >= 15 is 0 Å². The lowest BCUT2D eigenvalue weighted by molar-refractivity contribution is 0.0744. The molecule has 1 amide bonds. The first kappa shape index (κ1) is 15.5. The molecule has 0 spiro atoms. The molecule has 19 heavy (non-hydrogen) atoms. The molecule has 2 N–H and O–H groups in total. The molecule has 0 radical (unpaired) electrons. The SMILES string of the molecule is CCCCCN(CCCCC)C(=O)c1c[nH]c(=O)[nH]1. The van der Waals surface area contributed by atoms with Crippen LogP contribution in [0.1, 0.15) is 62.9 Å². The number of nitrogens with zero attached hydrogens (tertiary/aromatic N) is 1. The van der Waals surface area contributed by atoms with Crippen molar-refractivity contribution in [1.82, 2.24) is 14.9 Å². The van der Waals surface area contributed by atoms with Gasteiger partial charge in [0.1, 0.15) is 5.69 Å². The summed E-state index contributed by atoms with van der Waals surface area (Å²) in [5.74, 6) is -0.0782. The van der Waals surface area contributed by atoms with Gasteiger partial charge < -0.3 is 14.9 Å². The molecule has 0 aliphatic heterocycles. The molecule has 0 saturated carbocycles. The van der Waals surface area contributed by atoms with Crippen LogP contribution in [0.5, 0.6) is 0 Å². The fraction of sp³-hybridized carbons (Fsp3) is 0.714. The zero-order valence-electron chi connectivity index (χ0n) is 12.0. The minimum absolute atomic E-state index is 0.0782. The van der Waals surface area contributed by atoms with E-state index in [1.807, 2.05) is 4.90 Å². The van der Waals surface area contributed by atoms with Crippen LogP contribution >= 0.6 is 0 Å². The molecule has 5 heteroatoms. The second-order valence-corrected chi connectivity index (χ2v) is 4.86. The number of imidazole rings is 1. The fourth-order valence-electron chi connectivity index (χ4n) is 2.04. The van der Waals surface area contributed by atoms with Crippen LogP contribution in [0.15, 0.2) is 11.0 Å². The molecule has 0 saturated heterocycles. The van der Waals surface area contributed by atoms with E-state index in [1.54, 1.807) is 0 Å². The van der Waals surface area contributed by atoms with Gasteiger partial charge in [0.05, 0.1) is 0 Å². The maximum Gasteiger partial charge on any atom is 0.323 e. The number of nitrogens with one attached hydrogen (secondary N) is 2. The van der Waals surface area contributed by atoms with Gasteiger partial charge in [-0.2, -0.15) is 0 Å². The average molecular weight is 267 g/mol. The van der Waals surface area contributed by atoms with Crippen LogP contribution in [0, 0.1) is 0 Å². The van der Waals surface area contributed by atoms with E-state index in [4.69, 9.17) is 0 Å². The number of carbonyl (C=O) groups excluding carboxylic acids is 1. The third-order valence-corrected chi connectivity index (χ3v) is 3.18. The highest BCUT2D eigenvalue weighted by Crippen LogP contribution is 2.06. The van der Waals surface area contributed by atoms with Gasteiger partial charge in [0.15, 0.2) is 0 Å². The van der Waals surface area contributed by atoms with Crippen LogP contribution in [0.4, 0.5) is 0 Å². The summed E-state index contributed by atoms with van der Waals surface area (Å²) in [4.78, 5) is 30.2. The van der Waals surface area contributed by atoms with E-state index in [1.165, 1.54) is 6.20 Å². The highest BCUT2D eigenvalue weighted by atomic mass is 16.2. The van der Waals surface area contributed by atoms with Crippen molar-refractivity contribution in [3.63, 3.8) is 0 Å². The van der Waals surface area contributed by atoms with Crippen LogP contribution in [0.2, 0.25) is 0 Å². The molecule has 0 fully saturated rings. The Bertz CT molecular complexity index is 412. The summed E-state index contributed by atoms with van der Waals surface area (Å²) in [5, 5.41) is 0. The van der Waals surface area contributed by atoms with Gasteiger partial charge in [0.25, 0.3) is 5.91 Å². The first-order valence-corrected chi connectivity index (χ1v) is 7.26. The Kier molecular flexibility index (Phi) is 7.00. The fourth-order valence-corrected chi connectivity index (χ4v) is 2.04. The van der Waals surface area contributed by atoms with Crippen molar-refractivity contribution in [1.29, 1.82) is 0 Å². The van der Waals surface area contributed by atoms with Crippen LogP contribution in [-0.2, 0) is 0 Å². The minimum atomic E-state index is -0.328. The van der Waals surface area contributed by atoms with Gasteiger partial charge in [-0.1, -0.05) is 39.5 Å². The molecule has 5 nitrogen and oxygen atoms in total. The van der Waals surface area contributed by atoms with Crippen molar-refractivity contribution in [2.45, 2.75) is 52.4 Å². The van der Waals surface area contributed by atoms with Crippen molar-refractivity contribution in [2.24, 2.45) is 0 Å². The quantitative estimate of drug-likeness (QED) is 0.675. The van der Waals surface area contributed by atoms with E-state index in [0.717, 1.165) is 51.6 Å². The van der Waals surface area contributed by atoms with Gasteiger partial charge in [-0.15, -0.1) is 0 Å². The average Bonchev–Trinajstić information content (AvgIpc) is 2.83. The molecule has 0 unspecified atom stereocenters. The van der Waals surface area contributed by atoms with Crippen molar-refractivity contribution < 1.29 is 4.79 Å². The molecule has 1 aromatic rings. The van der Waals surface area contributed by atoms with Crippen molar-refractivity contribution >= 4 is 5.91 Å². The summed E-state index contributed by atoms with van der Waals surface area (Å²) in [6.45, 7) is 5.83. The van der Waals surface area contributed by atoms with E-state index in [-0.39, 0.29) is 11.6 Å². The lowest BCUT2D eigenvalue weighted by Gasteiger charge is -2.21. The monoisotopic (exact) mass is 267 g/mol. The first-order chi connectivity index (χ1) is 9.19. The van der Waals surface area contributed by atoms with Gasteiger partial charge in [-0.05, 0) is 12.8 Å². The van der Waals surface area contributed by atoms with Crippen LogP contribution in [0.3, 0.4) is 0 Å². The third-order valence-electron chi connectivity index (χ3n) is 3.18. The molecule has 1 rings (SSSR count). The number of aromatic nitrogens is 2. The summed E-state index contributed by atoms with van der Waals surface area (Å²) >= 11 is 0. The predicted octanol–water partition coefficient (Wildman–Crippen LogP) is 2.53. The van der Waals surface area contributed by atoms with E-state index < -0.39 is 0 Å². The molecule has 108 valence electrons. The number of hydrogen-bond acceptors (Lipinski definition) is 2. The molecule has 1 aromatic heterocycles. The van der Waals surface area contributed by atoms with Crippen LogP contribution < -0.4 is 5.69 Å². The summed E-state index contributed by atoms with van der Waals surface area (Å²) < 4.78 is 0. The summed E-state index contributed by atoms with van der Waals surface area (Å²) in [7, 11) is 0. The smallest absolute Gasteiger partial charge is 0.323 e. The lowest BCUT2D eigenvalue weighted by Crippen LogP contribution is -2.33. The summed E-state index contributed by atoms with van der Waals surface area (Å²) in [5.41, 5.74) is 0.0309. The Balaban J connectivity index is 2.59. The van der Waals surface area contributed by atoms with Gasteiger partial charge >= 0.3 is 5.69 Å². The third kappa shape index (κ3) is 5.32. The van der Waals surface area contributed by atoms with Crippen molar-refractivity contribution in [3.8, 4) is 0 Å². The van der Waals surface area contributed by atoms with Crippen LogP contribution in [-0.4, -0.2) is 33.9 Å². The Morgan fingerprint density at radius 2 is 1.68 bits per heavy atom. The first-order valence-electron chi connectivity index (χ1n) is 7.26. The zero-order valence-corrected chi connectivity index (χ0v) is 12.0. The van der Waals surface area contributed by atoms with Gasteiger partial charge in [-0.3, -0.25) is 4.79 Å². The second kappa shape index (κ2) is 8.56. The van der Waals surface area contributed by atoms with Gasteiger partial charge in [0.2, 0.25) is 0 Å². The van der Waals surface area contributed by atoms with E-state index in [2.05, 4.69) is 23.8 Å². The molecule has 1 heterocycles. The largest absolute Gasteiger partial charge is 0.337 e. The predicted molar refractivity (Wildman–Crippen MR) is 76.4 cm³/mol. The number of rotatable bonds is 9. The Hall–Kier alpha value is -1.52. The number of amides is 1. The van der Waals surface area contributed by atoms with Crippen molar-refractivity contribution in [2.75, 3.05) is 13.1 Å². The Morgan fingerprint density at radius 1 is 1.11 bits per heavy atom. The topological polar surface area (TPSA) is 69.0 Å². The summed E-state index contributed by atoms with van der Waals surface area (Å²) in [6.07, 6.45) is 8.02. The van der Waals surface area contributed by atoms with Crippen LogP contribution in [0.25, 0.3) is 0 Å².